The average Bonchev–Trinajstić information content (AvgIpc) is 3.28. The lowest BCUT2D eigenvalue weighted by Crippen LogP contribution is -2.12. The van der Waals surface area contributed by atoms with Crippen LogP contribution in [0.5, 0.6) is 11.5 Å². The minimum Gasteiger partial charge on any atom is -0.508 e. The van der Waals surface area contributed by atoms with Crippen LogP contribution >= 0.6 is 0 Å². The largest absolute Gasteiger partial charge is 0.508 e. The first kappa shape index (κ1) is 41.6. The molecule has 0 atom stereocenters. The first-order chi connectivity index (χ1) is 29.7. The number of hydrogen-bond donors (Lipinski definition) is 1. The molecule has 8 heteroatoms. The molecule has 300 valence electrons. The number of rotatable bonds is 1. The Morgan fingerprint density at radius 1 is 0.475 bits per heavy atom. The fourth-order valence-electron chi connectivity index (χ4n) is 7.12. The summed E-state index contributed by atoms with van der Waals surface area (Å²) in [5, 5.41) is 9.38. The van der Waals surface area contributed by atoms with Gasteiger partial charge in [0.05, 0.1) is 24.2 Å². The van der Waals surface area contributed by atoms with Crippen molar-refractivity contribution in [1.82, 2.24) is 15.0 Å². The number of aromatic hydroxyl groups is 1. The molecule has 0 radical (unpaired) electrons. The number of benzene rings is 3. The van der Waals surface area contributed by atoms with Crippen molar-refractivity contribution in [3.05, 3.63) is 182 Å². The summed E-state index contributed by atoms with van der Waals surface area (Å²) in [5.41, 5.74) is 10.8. The molecule has 0 unspecified atom stereocenters. The number of aromatic nitrogens is 3. The summed E-state index contributed by atoms with van der Waals surface area (Å²) < 4.78 is 5.17. The van der Waals surface area contributed by atoms with E-state index in [4.69, 9.17) is 4.74 Å². The summed E-state index contributed by atoms with van der Waals surface area (Å²) >= 11 is 0. The third kappa shape index (κ3) is 11.3. The van der Waals surface area contributed by atoms with Crippen LogP contribution in [0.15, 0.2) is 109 Å². The highest BCUT2D eigenvalue weighted by Gasteiger charge is 2.20. The van der Waals surface area contributed by atoms with Gasteiger partial charge in [-0.1, -0.05) is 42.0 Å². The smallest absolute Gasteiger partial charge is 0.164 e. The highest BCUT2D eigenvalue weighted by Crippen LogP contribution is 2.22. The Labute approximate surface area is 356 Å². The van der Waals surface area contributed by atoms with E-state index in [1.165, 1.54) is 5.56 Å². The Morgan fingerprint density at radius 3 is 1.31 bits per heavy atom. The van der Waals surface area contributed by atoms with E-state index in [1.807, 2.05) is 85.8 Å². The zero-order chi connectivity index (χ0) is 42.6. The average molecular weight is 802 g/mol. The number of phenolic OH excluding ortho intramolecular Hbond substituents is 1. The number of carbonyl (C=O) groups excluding carboxylic acids is 3. The lowest BCUT2D eigenvalue weighted by molar-refractivity contribution is 0.0963. The SMILES string of the molecule is COc1cccc(C#Cc2ccc3c(n2)CCCC3=O)c1.Cc1cccc(C#Cc2ccc3c(n2)CCCC3=O)c1.O=C1CCCc2nc(C#Cc3cccc(O)c3)ccc21. The van der Waals surface area contributed by atoms with Crippen LogP contribution in [0, 0.1) is 42.4 Å². The second kappa shape index (κ2) is 19.9. The summed E-state index contributed by atoms with van der Waals surface area (Å²) in [6.45, 7) is 2.05. The lowest BCUT2D eigenvalue weighted by atomic mass is 9.94. The van der Waals surface area contributed by atoms with Crippen LogP contribution in [0.1, 0.15) is 126 Å². The van der Waals surface area contributed by atoms with Crippen molar-refractivity contribution in [3.8, 4) is 47.0 Å². The Morgan fingerprint density at radius 2 is 0.885 bits per heavy atom. The molecule has 1 N–H and O–H groups in total. The molecule has 8 nitrogen and oxygen atoms in total. The molecule has 0 amide bonds. The number of methoxy groups -OCH3 is 1. The van der Waals surface area contributed by atoms with E-state index in [2.05, 4.69) is 56.5 Å². The molecule has 0 fully saturated rings. The maximum absolute atomic E-state index is 11.8. The Hall–Kier alpha value is -7.60. The molecule has 0 bridgehead atoms. The van der Waals surface area contributed by atoms with E-state index in [9.17, 15) is 19.5 Å². The second-order valence-corrected chi connectivity index (χ2v) is 14.8. The molecule has 0 aliphatic heterocycles. The van der Waals surface area contributed by atoms with Crippen molar-refractivity contribution in [1.29, 1.82) is 0 Å². The maximum Gasteiger partial charge on any atom is 0.164 e. The number of ketones is 3. The topological polar surface area (TPSA) is 119 Å². The molecule has 9 rings (SSSR count). The van der Waals surface area contributed by atoms with E-state index in [1.54, 1.807) is 31.4 Å². The number of Topliss-reactive ketones (excluding diaryl/α,β-unsaturated/α-hetero) is 3. The first-order valence-corrected chi connectivity index (χ1v) is 20.4. The monoisotopic (exact) mass is 801 g/mol. The van der Waals surface area contributed by atoms with Crippen LogP contribution in [-0.2, 0) is 19.3 Å². The van der Waals surface area contributed by atoms with Gasteiger partial charge in [0.2, 0.25) is 0 Å². The van der Waals surface area contributed by atoms with Crippen molar-refractivity contribution in [2.75, 3.05) is 7.11 Å². The van der Waals surface area contributed by atoms with Crippen molar-refractivity contribution < 1.29 is 24.2 Å². The lowest BCUT2D eigenvalue weighted by Gasteiger charge is -2.12. The summed E-state index contributed by atoms with van der Waals surface area (Å²) in [6, 6.07) is 33.4. The van der Waals surface area contributed by atoms with Crippen molar-refractivity contribution in [2.45, 2.75) is 64.7 Å². The fraction of sp³-hybridized carbons (Fsp3) is 0.208. The van der Waals surface area contributed by atoms with Crippen molar-refractivity contribution in [3.63, 3.8) is 0 Å². The zero-order valence-electron chi connectivity index (χ0n) is 34.2. The van der Waals surface area contributed by atoms with Gasteiger partial charge in [-0.05, 0) is 154 Å². The minimum absolute atomic E-state index is 0.172. The summed E-state index contributed by atoms with van der Waals surface area (Å²) in [7, 11) is 1.63. The van der Waals surface area contributed by atoms with Gasteiger partial charge in [-0.25, -0.2) is 15.0 Å². The number of aryl methyl sites for hydroxylation is 4. The zero-order valence-corrected chi connectivity index (χ0v) is 34.2. The maximum atomic E-state index is 11.8. The second-order valence-electron chi connectivity index (χ2n) is 14.8. The van der Waals surface area contributed by atoms with Gasteiger partial charge in [0.1, 0.15) is 28.6 Å². The number of hydrogen-bond acceptors (Lipinski definition) is 8. The third-order valence-corrected chi connectivity index (χ3v) is 10.2. The van der Waals surface area contributed by atoms with Gasteiger partial charge in [0.25, 0.3) is 0 Å². The first-order valence-electron chi connectivity index (χ1n) is 20.4. The Kier molecular flexibility index (Phi) is 13.6. The summed E-state index contributed by atoms with van der Waals surface area (Å²) in [5.74, 6) is 19.8. The molecule has 3 heterocycles. The molecule has 61 heavy (non-hydrogen) atoms. The van der Waals surface area contributed by atoms with Crippen molar-refractivity contribution in [2.24, 2.45) is 0 Å². The van der Waals surface area contributed by atoms with E-state index in [0.717, 1.165) is 100 Å². The van der Waals surface area contributed by atoms with Crippen LogP contribution in [0.4, 0.5) is 0 Å². The van der Waals surface area contributed by atoms with Gasteiger partial charge >= 0.3 is 0 Å². The molecule has 3 aromatic carbocycles. The molecular weight excluding hydrogens is 759 g/mol. The molecule has 6 aromatic rings. The van der Waals surface area contributed by atoms with Gasteiger partial charge in [-0.15, -0.1) is 0 Å². The van der Waals surface area contributed by atoms with Crippen LogP contribution in [-0.4, -0.2) is 44.5 Å². The standard InChI is InChI=1S/C18H15NO2.C18H15NO.C17H13NO2/c1-21-15-5-2-4-13(12-15)8-9-14-10-11-16-17(19-14)6-3-7-18(16)20;1-13-4-2-5-14(12-13)8-9-15-10-11-16-17(19-15)6-3-7-18(16)20;19-14-4-1-3-12(11-14)7-8-13-9-10-15-16(18-13)5-2-6-17(15)20/h2,4-5,10-12H,3,6-7H2,1H3;2,4-5,10-12H,3,6-7H2,1H3;1,3-4,9-11,19H,2,5-6H2. The highest BCUT2D eigenvalue weighted by molar-refractivity contribution is 5.99. The number of pyridine rings is 3. The minimum atomic E-state index is 0.172. The molecule has 3 aromatic heterocycles. The van der Waals surface area contributed by atoms with Gasteiger partial charge in [0, 0.05) is 52.6 Å². The van der Waals surface area contributed by atoms with Crippen LogP contribution in [0.25, 0.3) is 0 Å². The highest BCUT2D eigenvalue weighted by atomic mass is 16.5. The van der Waals surface area contributed by atoms with E-state index < -0.39 is 0 Å². The molecule has 0 saturated carbocycles. The normalized spacial score (nSPS) is 13.2. The van der Waals surface area contributed by atoms with Crippen LogP contribution < -0.4 is 4.74 Å². The van der Waals surface area contributed by atoms with Crippen molar-refractivity contribution >= 4 is 17.3 Å². The molecular formula is C53H43N3O5. The van der Waals surface area contributed by atoms with Gasteiger partial charge in [-0.3, -0.25) is 14.4 Å². The van der Waals surface area contributed by atoms with Gasteiger partial charge in [-0.2, -0.15) is 0 Å². The number of fused-ring (bicyclic) bond motifs is 3. The predicted molar refractivity (Wildman–Crippen MR) is 235 cm³/mol. The number of phenols is 1. The summed E-state index contributed by atoms with van der Waals surface area (Å²) in [6.07, 6.45) is 7.09. The van der Waals surface area contributed by atoms with Crippen LogP contribution in [0.3, 0.4) is 0 Å². The van der Waals surface area contributed by atoms with E-state index >= 15 is 0 Å². The molecule has 0 spiro atoms. The third-order valence-electron chi connectivity index (χ3n) is 10.2. The number of nitrogens with zero attached hydrogens (tertiary/aromatic N) is 3. The van der Waals surface area contributed by atoms with E-state index in [-0.39, 0.29) is 23.1 Å². The number of carbonyl (C=O) groups is 3. The quantitative estimate of drug-likeness (QED) is 0.164. The van der Waals surface area contributed by atoms with Gasteiger partial charge in [0.15, 0.2) is 17.3 Å². The Bertz CT molecular complexity index is 2710. The summed E-state index contributed by atoms with van der Waals surface area (Å²) in [4.78, 5) is 48.7. The van der Waals surface area contributed by atoms with Crippen LogP contribution in [0.2, 0.25) is 0 Å². The molecule has 3 aliphatic rings. The Balaban J connectivity index is 0.000000138. The van der Waals surface area contributed by atoms with Gasteiger partial charge < -0.3 is 9.84 Å². The fourth-order valence-corrected chi connectivity index (χ4v) is 7.12. The molecule has 3 aliphatic carbocycles. The predicted octanol–water partition coefficient (Wildman–Crippen LogP) is 9.02. The van der Waals surface area contributed by atoms with E-state index in [0.29, 0.717) is 30.7 Å². The molecule has 0 saturated heterocycles. The number of ether oxygens (including phenoxy) is 1.